The highest BCUT2D eigenvalue weighted by Gasteiger charge is 2.09. The first-order chi connectivity index (χ1) is 4.63. The molecule has 1 amide bonds. The Labute approximate surface area is 62.5 Å². The van der Waals surface area contributed by atoms with Crippen LogP contribution in [-0.2, 0) is 4.79 Å². The van der Waals surface area contributed by atoms with Crippen molar-refractivity contribution in [1.29, 1.82) is 0 Å². The lowest BCUT2D eigenvalue weighted by molar-refractivity contribution is -0.126. The van der Waals surface area contributed by atoms with Crippen molar-refractivity contribution in [2.24, 2.45) is 0 Å². The molecule has 2 nitrogen and oxygen atoms in total. The molecule has 0 radical (unpaired) electrons. The molecule has 0 bridgehead atoms. The standard InChI is InChI=1S/C8H15NO/c1-5-7(3)9(4)8(10)6-2/h6-7H,2,5H2,1,3-4H3. The van der Waals surface area contributed by atoms with Crippen molar-refractivity contribution in [3.8, 4) is 0 Å². The number of hydrogen-bond donors (Lipinski definition) is 0. The van der Waals surface area contributed by atoms with E-state index in [1.54, 1.807) is 11.9 Å². The molecule has 0 aliphatic rings. The van der Waals surface area contributed by atoms with E-state index in [9.17, 15) is 4.79 Å². The van der Waals surface area contributed by atoms with Gasteiger partial charge >= 0.3 is 0 Å². The van der Waals surface area contributed by atoms with E-state index in [0.717, 1.165) is 6.42 Å². The van der Waals surface area contributed by atoms with Gasteiger partial charge in [0.25, 0.3) is 0 Å². The van der Waals surface area contributed by atoms with Crippen LogP contribution in [0.15, 0.2) is 12.7 Å². The van der Waals surface area contributed by atoms with E-state index < -0.39 is 0 Å². The van der Waals surface area contributed by atoms with E-state index >= 15 is 0 Å². The van der Waals surface area contributed by atoms with Crippen molar-refractivity contribution in [1.82, 2.24) is 4.90 Å². The third-order valence-corrected chi connectivity index (χ3v) is 1.77. The quantitative estimate of drug-likeness (QED) is 0.544. The molecular formula is C8H15NO. The SMILES string of the molecule is C=CC(=O)N(C)C(C)CC. The number of carbonyl (C=O) groups excluding carboxylic acids is 1. The summed E-state index contributed by atoms with van der Waals surface area (Å²) in [6.07, 6.45) is 2.32. The molecule has 2 heteroatoms. The average molecular weight is 141 g/mol. The van der Waals surface area contributed by atoms with E-state index in [4.69, 9.17) is 0 Å². The molecular weight excluding hydrogens is 126 g/mol. The van der Waals surface area contributed by atoms with Gasteiger partial charge in [0.05, 0.1) is 0 Å². The largest absolute Gasteiger partial charge is 0.340 e. The lowest BCUT2D eigenvalue weighted by Gasteiger charge is -2.21. The van der Waals surface area contributed by atoms with Crippen molar-refractivity contribution in [3.63, 3.8) is 0 Å². The number of likely N-dealkylation sites (N-methyl/N-ethyl adjacent to an activating group) is 1. The maximum atomic E-state index is 10.9. The van der Waals surface area contributed by atoms with E-state index in [1.165, 1.54) is 6.08 Å². The predicted molar refractivity (Wildman–Crippen MR) is 42.7 cm³/mol. The summed E-state index contributed by atoms with van der Waals surface area (Å²) in [5, 5.41) is 0. The molecule has 0 aromatic rings. The van der Waals surface area contributed by atoms with Crippen molar-refractivity contribution in [2.75, 3.05) is 7.05 Å². The molecule has 0 rings (SSSR count). The van der Waals surface area contributed by atoms with Crippen molar-refractivity contribution >= 4 is 5.91 Å². The van der Waals surface area contributed by atoms with E-state index in [0.29, 0.717) is 6.04 Å². The number of carbonyl (C=O) groups is 1. The minimum atomic E-state index is -0.00523. The summed E-state index contributed by atoms with van der Waals surface area (Å²) in [6.45, 7) is 7.48. The molecule has 0 saturated carbocycles. The van der Waals surface area contributed by atoms with Gasteiger partial charge in [-0.2, -0.15) is 0 Å². The summed E-state index contributed by atoms with van der Waals surface area (Å²) in [4.78, 5) is 12.6. The van der Waals surface area contributed by atoms with Gasteiger partial charge in [-0.15, -0.1) is 0 Å². The fourth-order valence-electron chi connectivity index (χ4n) is 0.635. The highest BCUT2D eigenvalue weighted by molar-refractivity contribution is 5.86. The van der Waals surface area contributed by atoms with Crippen LogP contribution >= 0.6 is 0 Å². The first kappa shape index (κ1) is 9.21. The van der Waals surface area contributed by atoms with Gasteiger partial charge in [-0.25, -0.2) is 0 Å². The molecule has 1 unspecified atom stereocenters. The van der Waals surface area contributed by atoms with Crippen LogP contribution in [0, 0.1) is 0 Å². The summed E-state index contributed by atoms with van der Waals surface area (Å²) in [5.41, 5.74) is 0. The second-order valence-corrected chi connectivity index (χ2v) is 2.41. The second-order valence-electron chi connectivity index (χ2n) is 2.41. The van der Waals surface area contributed by atoms with Crippen LogP contribution < -0.4 is 0 Å². The Hall–Kier alpha value is -0.790. The number of amides is 1. The van der Waals surface area contributed by atoms with Crippen LogP contribution in [-0.4, -0.2) is 23.9 Å². The molecule has 0 aliphatic heterocycles. The smallest absolute Gasteiger partial charge is 0.245 e. The van der Waals surface area contributed by atoms with Gasteiger partial charge in [-0.05, 0) is 19.4 Å². The third-order valence-electron chi connectivity index (χ3n) is 1.77. The molecule has 0 spiro atoms. The molecule has 58 valence electrons. The summed E-state index contributed by atoms with van der Waals surface area (Å²) in [5.74, 6) is -0.00523. The normalized spacial score (nSPS) is 12.3. The molecule has 0 aromatic carbocycles. The highest BCUT2D eigenvalue weighted by atomic mass is 16.2. The zero-order valence-corrected chi connectivity index (χ0v) is 6.92. The van der Waals surface area contributed by atoms with Crippen LogP contribution in [0.5, 0.6) is 0 Å². The maximum absolute atomic E-state index is 10.9. The van der Waals surface area contributed by atoms with Crippen LogP contribution in [0.4, 0.5) is 0 Å². The van der Waals surface area contributed by atoms with Gasteiger partial charge in [0.1, 0.15) is 0 Å². The van der Waals surface area contributed by atoms with Crippen LogP contribution in [0.3, 0.4) is 0 Å². The fourth-order valence-corrected chi connectivity index (χ4v) is 0.635. The van der Waals surface area contributed by atoms with E-state index in [1.807, 2.05) is 6.92 Å². The summed E-state index contributed by atoms with van der Waals surface area (Å²) in [6, 6.07) is 0.311. The Morgan fingerprint density at radius 2 is 2.30 bits per heavy atom. The Kier molecular flexibility index (Phi) is 3.77. The zero-order valence-electron chi connectivity index (χ0n) is 6.92. The highest BCUT2D eigenvalue weighted by Crippen LogP contribution is 1.99. The predicted octanol–water partition coefficient (Wildman–Crippen LogP) is 1.43. The van der Waals surface area contributed by atoms with Crippen LogP contribution in [0.1, 0.15) is 20.3 Å². The number of rotatable bonds is 3. The summed E-state index contributed by atoms with van der Waals surface area (Å²) >= 11 is 0. The van der Waals surface area contributed by atoms with Gasteiger partial charge in [0, 0.05) is 13.1 Å². The van der Waals surface area contributed by atoms with Crippen LogP contribution in [0.25, 0.3) is 0 Å². The fraction of sp³-hybridized carbons (Fsp3) is 0.625. The van der Waals surface area contributed by atoms with Crippen molar-refractivity contribution in [3.05, 3.63) is 12.7 Å². The van der Waals surface area contributed by atoms with E-state index in [-0.39, 0.29) is 5.91 Å². The molecule has 0 heterocycles. The third kappa shape index (κ3) is 2.21. The van der Waals surface area contributed by atoms with Gasteiger partial charge in [-0.1, -0.05) is 13.5 Å². The average Bonchev–Trinajstić information content (AvgIpc) is 2.00. The van der Waals surface area contributed by atoms with Gasteiger partial charge in [0.15, 0.2) is 0 Å². The molecule has 0 fully saturated rings. The Balaban J connectivity index is 3.93. The van der Waals surface area contributed by atoms with Gasteiger partial charge in [0.2, 0.25) is 5.91 Å². The molecule has 0 aliphatic carbocycles. The lowest BCUT2D eigenvalue weighted by Crippen LogP contribution is -2.33. The van der Waals surface area contributed by atoms with Crippen molar-refractivity contribution < 1.29 is 4.79 Å². The first-order valence-corrected chi connectivity index (χ1v) is 3.52. The minimum absolute atomic E-state index is 0.00523. The maximum Gasteiger partial charge on any atom is 0.245 e. The number of hydrogen-bond acceptors (Lipinski definition) is 1. The summed E-state index contributed by atoms with van der Waals surface area (Å²) in [7, 11) is 1.79. The van der Waals surface area contributed by atoms with Crippen LogP contribution in [0.2, 0.25) is 0 Å². The van der Waals surface area contributed by atoms with E-state index in [2.05, 4.69) is 13.5 Å². The lowest BCUT2D eigenvalue weighted by atomic mass is 10.2. The van der Waals surface area contributed by atoms with Crippen molar-refractivity contribution in [2.45, 2.75) is 26.3 Å². The van der Waals surface area contributed by atoms with Gasteiger partial charge in [-0.3, -0.25) is 4.79 Å². The second kappa shape index (κ2) is 4.09. The molecule has 10 heavy (non-hydrogen) atoms. The Morgan fingerprint density at radius 1 is 1.80 bits per heavy atom. The Bertz CT molecular complexity index is 131. The summed E-state index contributed by atoms with van der Waals surface area (Å²) < 4.78 is 0. The molecule has 0 aromatic heterocycles. The minimum Gasteiger partial charge on any atom is -0.340 e. The topological polar surface area (TPSA) is 20.3 Å². The Morgan fingerprint density at radius 3 is 2.60 bits per heavy atom. The molecule has 0 N–H and O–H groups in total. The zero-order chi connectivity index (χ0) is 8.15. The van der Waals surface area contributed by atoms with Gasteiger partial charge < -0.3 is 4.90 Å². The monoisotopic (exact) mass is 141 g/mol. The molecule has 0 saturated heterocycles. The molecule has 1 atom stereocenters. The first-order valence-electron chi connectivity index (χ1n) is 3.52. The number of nitrogens with zero attached hydrogens (tertiary/aromatic N) is 1.